The number of nitrogens with one attached hydrogen (secondary N) is 1. The normalized spacial score (nSPS) is 12.8. The Labute approximate surface area is 93.3 Å². The quantitative estimate of drug-likeness (QED) is 0.782. The van der Waals surface area contributed by atoms with Gasteiger partial charge in [-0.1, -0.05) is 0 Å². The van der Waals surface area contributed by atoms with Crippen LogP contribution in [0.3, 0.4) is 0 Å². The zero-order valence-electron chi connectivity index (χ0n) is 8.89. The summed E-state index contributed by atoms with van der Waals surface area (Å²) in [7, 11) is 1.91. The maximum Gasteiger partial charge on any atom is 0.159 e. The second kappa shape index (κ2) is 6.08. The molecule has 0 spiro atoms. The first-order valence-corrected chi connectivity index (χ1v) is 5.87. The zero-order valence-corrected chi connectivity index (χ0v) is 9.70. The number of thioether (sulfide) groups is 1. The van der Waals surface area contributed by atoms with Gasteiger partial charge >= 0.3 is 0 Å². The van der Waals surface area contributed by atoms with Gasteiger partial charge in [-0.05, 0) is 44.3 Å². The number of benzene rings is 1. The molecule has 1 aromatic carbocycles. The molecule has 0 amide bonds. The minimum absolute atomic E-state index is 0.447. The van der Waals surface area contributed by atoms with Gasteiger partial charge in [-0.2, -0.15) is 0 Å². The van der Waals surface area contributed by atoms with Gasteiger partial charge in [0, 0.05) is 10.9 Å². The highest BCUT2D eigenvalue weighted by atomic mass is 32.2. The number of rotatable bonds is 5. The van der Waals surface area contributed by atoms with Gasteiger partial charge in [0.05, 0.1) is 0 Å². The van der Waals surface area contributed by atoms with Gasteiger partial charge in [-0.15, -0.1) is 11.8 Å². The van der Waals surface area contributed by atoms with Crippen molar-refractivity contribution in [3.63, 3.8) is 0 Å². The van der Waals surface area contributed by atoms with Crippen LogP contribution in [-0.2, 0) is 0 Å². The van der Waals surface area contributed by atoms with Crippen molar-refractivity contribution in [1.29, 1.82) is 0 Å². The fourth-order valence-electron chi connectivity index (χ4n) is 1.06. The van der Waals surface area contributed by atoms with Gasteiger partial charge in [0.25, 0.3) is 0 Å². The van der Waals surface area contributed by atoms with Crippen LogP contribution in [0.4, 0.5) is 8.78 Å². The first kappa shape index (κ1) is 12.5. The second-order valence-electron chi connectivity index (χ2n) is 3.40. The molecule has 0 bridgehead atoms. The fourth-order valence-corrected chi connectivity index (χ4v) is 2.12. The lowest BCUT2D eigenvalue weighted by Gasteiger charge is -2.09. The van der Waals surface area contributed by atoms with Crippen molar-refractivity contribution in [2.45, 2.75) is 24.3 Å². The summed E-state index contributed by atoms with van der Waals surface area (Å²) in [5.41, 5.74) is 0. The largest absolute Gasteiger partial charge is 0.317 e. The third-order valence-corrected chi connectivity index (χ3v) is 3.23. The Morgan fingerprint density at radius 1 is 1.33 bits per heavy atom. The molecule has 4 heteroatoms. The van der Waals surface area contributed by atoms with E-state index in [1.54, 1.807) is 17.8 Å². The Bertz CT molecular complexity index is 317. The van der Waals surface area contributed by atoms with Gasteiger partial charge in [0.1, 0.15) is 0 Å². The van der Waals surface area contributed by atoms with E-state index in [1.165, 1.54) is 12.1 Å². The molecule has 84 valence electrons. The fraction of sp³-hybridized carbons (Fsp3) is 0.455. The lowest BCUT2D eigenvalue weighted by molar-refractivity contribution is 0.506. The minimum Gasteiger partial charge on any atom is -0.317 e. The third kappa shape index (κ3) is 4.18. The first-order chi connectivity index (χ1) is 7.13. The highest BCUT2D eigenvalue weighted by Crippen LogP contribution is 2.21. The van der Waals surface area contributed by atoms with Gasteiger partial charge in [-0.25, -0.2) is 8.78 Å². The summed E-state index contributed by atoms with van der Waals surface area (Å²) in [6.45, 7) is 2.09. The Balaban J connectivity index is 2.41. The third-order valence-electron chi connectivity index (χ3n) is 2.20. The van der Waals surface area contributed by atoms with Crippen LogP contribution >= 0.6 is 11.8 Å². The molecule has 0 aliphatic rings. The smallest absolute Gasteiger partial charge is 0.159 e. The van der Waals surface area contributed by atoms with E-state index in [9.17, 15) is 8.78 Å². The van der Waals surface area contributed by atoms with Crippen LogP contribution in [0.1, 0.15) is 13.3 Å². The molecule has 15 heavy (non-hydrogen) atoms. The number of halogens is 2. The molecule has 0 aliphatic heterocycles. The van der Waals surface area contributed by atoms with E-state index in [0.717, 1.165) is 17.1 Å². The standard InChI is InChI=1S/C11H15F2NS/c1-8(14-2)5-6-15-9-3-4-10(12)11(13)7-9/h3-4,7-8,14H,5-6H2,1-2H3. The van der Waals surface area contributed by atoms with E-state index in [4.69, 9.17) is 0 Å². The summed E-state index contributed by atoms with van der Waals surface area (Å²) in [4.78, 5) is 0.775. The van der Waals surface area contributed by atoms with Gasteiger partial charge in [0.2, 0.25) is 0 Å². The maximum absolute atomic E-state index is 12.8. The van der Waals surface area contributed by atoms with Crippen LogP contribution in [0, 0.1) is 11.6 Å². The van der Waals surface area contributed by atoms with E-state index in [2.05, 4.69) is 12.2 Å². The Hall–Kier alpha value is -0.610. The van der Waals surface area contributed by atoms with Crippen LogP contribution < -0.4 is 5.32 Å². The van der Waals surface area contributed by atoms with Crippen LogP contribution in [-0.4, -0.2) is 18.8 Å². The summed E-state index contributed by atoms with van der Waals surface area (Å²) in [6, 6.07) is 4.46. The van der Waals surface area contributed by atoms with E-state index in [0.29, 0.717) is 6.04 Å². The lowest BCUT2D eigenvalue weighted by atomic mass is 10.3. The molecule has 0 saturated heterocycles. The van der Waals surface area contributed by atoms with Crippen LogP contribution in [0.5, 0.6) is 0 Å². The molecule has 1 atom stereocenters. The Morgan fingerprint density at radius 2 is 2.07 bits per heavy atom. The Kier molecular flexibility index (Phi) is 5.05. The van der Waals surface area contributed by atoms with Crippen molar-refractivity contribution in [3.8, 4) is 0 Å². The lowest BCUT2D eigenvalue weighted by Crippen LogP contribution is -2.21. The van der Waals surface area contributed by atoms with Crippen molar-refractivity contribution < 1.29 is 8.78 Å². The monoisotopic (exact) mass is 231 g/mol. The van der Waals surface area contributed by atoms with Crippen molar-refractivity contribution >= 4 is 11.8 Å². The summed E-state index contributed by atoms with van der Waals surface area (Å²) in [6.07, 6.45) is 1.00. The molecule has 0 saturated carbocycles. The summed E-state index contributed by atoms with van der Waals surface area (Å²) in [5, 5.41) is 3.12. The average molecular weight is 231 g/mol. The van der Waals surface area contributed by atoms with E-state index in [-0.39, 0.29) is 0 Å². The van der Waals surface area contributed by atoms with Crippen molar-refractivity contribution in [3.05, 3.63) is 29.8 Å². The predicted octanol–water partition coefficient (Wildman–Crippen LogP) is 3.05. The molecular formula is C11H15F2NS. The van der Waals surface area contributed by atoms with Crippen LogP contribution in [0.25, 0.3) is 0 Å². The van der Waals surface area contributed by atoms with Crippen LogP contribution in [0.15, 0.2) is 23.1 Å². The summed E-state index contributed by atoms with van der Waals surface area (Å²) in [5.74, 6) is -0.669. The predicted molar refractivity (Wildman–Crippen MR) is 60.2 cm³/mol. The molecule has 1 nitrogen and oxygen atoms in total. The molecule has 0 aliphatic carbocycles. The minimum atomic E-state index is -0.789. The summed E-state index contributed by atoms with van der Waals surface area (Å²) < 4.78 is 25.4. The molecule has 1 unspecified atom stereocenters. The molecule has 1 aromatic rings. The first-order valence-electron chi connectivity index (χ1n) is 4.88. The molecule has 0 heterocycles. The average Bonchev–Trinajstić information content (AvgIpc) is 2.23. The topological polar surface area (TPSA) is 12.0 Å². The maximum atomic E-state index is 12.8. The highest BCUT2D eigenvalue weighted by Gasteiger charge is 2.03. The zero-order chi connectivity index (χ0) is 11.3. The van der Waals surface area contributed by atoms with Gasteiger partial charge in [0.15, 0.2) is 11.6 Å². The van der Waals surface area contributed by atoms with Crippen molar-refractivity contribution in [1.82, 2.24) is 5.32 Å². The van der Waals surface area contributed by atoms with E-state index < -0.39 is 11.6 Å². The van der Waals surface area contributed by atoms with Gasteiger partial charge in [-0.3, -0.25) is 0 Å². The molecule has 1 N–H and O–H groups in total. The summed E-state index contributed by atoms with van der Waals surface area (Å²) >= 11 is 1.54. The van der Waals surface area contributed by atoms with E-state index in [1.807, 2.05) is 7.05 Å². The number of hydrogen-bond acceptors (Lipinski definition) is 2. The molecule has 0 aromatic heterocycles. The number of hydrogen-bond donors (Lipinski definition) is 1. The van der Waals surface area contributed by atoms with Crippen molar-refractivity contribution in [2.75, 3.05) is 12.8 Å². The van der Waals surface area contributed by atoms with Crippen LogP contribution in [0.2, 0.25) is 0 Å². The molecule has 1 rings (SSSR count). The molecule has 0 radical (unpaired) electrons. The van der Waals surface area contributed by atoms with Crippen molar-refractivity contribution in [2.24, 2.45) is 0 Å². The molecular weight excluding hydrogens is 216 g/mol. The highest BCUT2D eigenvalue weighted by molar-refractivity contribution is 7.99. The Morgan fingerprint density at radius 3 is 2.67 bits per heavy atom. The van der Waals surface area contributed by atoms with Gasteiger partial charge < -0.3 is 5.32 Å². The van der Waals surface area contributed by atoms with E-state index >= 15 is 0 Å². The second-order valence-corrected chi connectivity index (χ2v) is 4.57. The SMILES string of the molecule is CNC(C)CCSc1ccc(F)c(F)c1. The molecule has 0 fully saturated rings.